The van der Waals surface area contributed by atoms with Gasteiger partial charge in [-0.3, -0.25) is 19.9 Å². The number of nitrogens with two attached hydrogens (primary N) is 2. The zero-order valence-corrected chi connectivity index (χ0v) is 8.23. The van der Waals surface area contributed by atoms with Crippen LogP contribution >= 0.6 is 0 Å². The van der Waals surface area contributed by atoms with Gasteiger partial charge in [0.1, 0.15) is 23.4 Å². The third kappa shape index (κ3) is 1.32. The molecule has 0 aromatic rings. The average molecular weight is 219 g/mol. The van der Waals surface area contributed by atoms with Gasteiger partial charge >= 0.3 is 0 Å². The summed E-state index contributed by atoms with van der Waals surface area (Å²) < 4.78 is 0. The maximum atomic E-state index is 11.6. The Morgan fingerprint density at radius 2 is 2.12 bits per heavy atom. The van der Waals surface area contributed by atoms with Gasteiger partial charge in [-0.1, -0.05) is 0 Å². The number of nitrogens with one attached hydrogen (secondary N) is 1. The number of amidine groups is 1. The van der Waals surface area contributed by atoms with E-state index in [2.05, 4.69) is 10.3 Å². The first-order chi connectivity index (χ1) is 7.54. The quantitative estimate of drug-likeness (QED) is 0.410. The molecule has 2 unspecified atom stereocenters. The van der Waals surface area contributed by atoms with Crippen molar-refractivity contribution in [3.63, 3.8) is 0 Å². The van der Waals surface area contributed by atoms with Crippen LogP contribution in [0.25, 0.3) is 0 Å². The van der Waals surface area contributed by atoms with Crippen molar-refractivity contribution in [3.8, 4) is 6.07 Å². The lowest BCUT2D eigenvalue weighted by Gasteiger charge is -2.31. The van der Waals surface area contributed by atoms with Crippen LogP contribution in [0.4, 0.5) is 0 Å². The molecule has 2 aliphatic heterocycles. The molecule has 7 heteroatoms. The highest BCUT2D eigenvalue weighted by molar-refractivity contribution is 6.07. The van der Waals surface area contributed by atoms with Crippen LogP contribution < -0.4 is 16.8 Å². The molecule has 2 rings (SSSR count). The Labute approximate surface area is 90.8 Å². The lowest BCUT2D eigenvalue weighted by Crippen LogP contribution is -2.52. The Morgan fingerprint density at radius 1 is 1.44 bits per heavy atom. The summed E-state index contributed by atoms with van der Waals surface area (Å²) in [6.07, 6.45) is 0.0521. The minimum Gasteiger partial charge on any atom is -0.400 e. The van der Waals surface area contributed by atoms with E-state index in [9.17, 15) is 9.59 Å². The van der Waals surface area contributed by atoms with Crippen molar-refractivity contribution in [2.24, 2.45) is 22.4 Å². The largest absolute Gasteiger partial charge is 0.400 e. The van der Waals surface area contributed by atoms with Gasteiger partial charge in [0, 0.05) is 5.70 Å². The van der Waals surface area contributed by atoms with Crippen LogP contribution in [0.2, 0.25) is 0 Å². The zero-order chi connectivity index (χ0) is 11.9. The van der Waals surface area contributed by atoms with Crippen molar-refractivity contribution < 1.29 is 9.59 Å². The van der Waals surface area contributed by atoms with Crippen molar-refractivity contribution in [2.75, 3.05) is 0 Å². The van der Waals surface area contributed by atoms with Gasteiger partial charge < -0.3 is 11.5 Å². The van der Waals surface area contributed by atoms with Gasteiger partial charge in [-0.25, -0.2) is 0 Å². The van der Waals surface area contributed by atoms with Crippen molar-refractivity contribution in [3.05, 3.63) is 11.3 Å². The molecule has 0 bridgehead atoms. The Bertz CT molecular complexity index is 485. The minimum atomic E-state index is -0.764. The molecule has 2 heterocycles. The van der Waals surface area contributed by atoms with E-state index < -0.39 is 23.8 Å². The summed E-state index contributed by atoms with van der Waals surface area (Å²) in [5.41, 5.74) is 11.3. The van der Waals surface area contributed by atoms with Crippen molar-refractivity contribution >= 4 is 17.6 Å². The summed E-state index contributed by atoms with van der Waals surface area (Å²) in [7, 11) is 0. The Balaban J connectivity index is 2.47. The highest BCUT2D eigenvalue weighted by Gasteiger charge is 2.41. The number of aliphatic imine (C=N–C) groups is 1. The van der Waals surface area contributed by atoms with E-state index in [0.717, 1.165) is 0 Å². The normalized spacial score (nSPS) is 29.1. The smallest absolute Gasteiger partial charge is 0.237 e. The van der Waals surface area contributed by atoms with Gasteiger partial charge in [0.05, 0.1) is 12.5 Å². The maximum Gasteiger partial charge on any atom is 0.237 e. The minimum absolute atomic E-state index is 0.0104. The molecular formula is C9H9N5O2. The zero-order valence-electron chi connectivity index (χ0n) is 8.23. The summed E-state index contributed by atoms with van der Waals surface area (Å²) in [6, 6.07) is 1.22. The summed E-state index contributed by atoms with van der Waals surface area (Å²) in [5, 5.41) is 11.0. The van der Waals surface area contributed by atoms with E-state index in [1.165, 1.54) is 0 Å². The lowest BCUT2D eigenvalue weighted by atomic mass is 9.85. The van der Waals surface area contributed by atoms with Crippen molar-refractivity contribution in [2.45, 2.75) is 12.5 Å². The maximum absolute atomic E-state index is 11.6. The van der Waals surface area contributed by atoms with E-state index in [1.54, 1.807) is 6.07 Å². The molecule has 0 aliphatic carbocycles. The molecule has 1 fully saturated rings. The number of nitrogens with zero attached hydrogens (tertiary/aromatic N) is 2. The second-order valence-electron chi connectivity index (χ2n) is 3.62. The van der Waals surface area contributed by atoms with Crippen LogP contribution in [-0.2, 0) is 9.59 Å². The Hall–Kier alpha value is -2.36. The van der Waals surface area contributed by atoms with Crippen LogP contribution in [0, 0.1) is 17.2 Å². The Kier molecular flexibility index (Phi) is 2.12. The van der Waals surface area contributed by atoms with Crippen LogP contribution in [-0.4, -0.2) is 23.7 Å². The number of nitriles is 1. The van der Waals surface area contributed by atoms with Gasteiger partial charge in [0.25, 0.3) is 0 Å². The molecule has 2 aliphatic rings. The topological polar surface area (TPSA) is 134 Å². The monoisotopic (exact) mass is 219 g/mol. The first kappa shape index (κ1) is 10.2. The third-order valence-electron chi connectivity index (χ3n) is 2.62. The van der Waals surface area contributed by atoms with Gasteiger partial charge in [-0.15, -0.1) is 0 Å². The molecule has 16 heavy (non-hydrogen) atoms. The van der Waals surface area contributed by atoms with E-state index in [4.69, 9.17) is 16.7 Å². The van der Waals surface area contributed by atoms with E-state index in [-0.39, 0.29) is 23.5 Å². The number of hydrogen-bond acceptors (Lipinski definition) is 6. The van der Waals surface area contributed by atoms with Gasteiger partial charge in [-0.05, 0) is 0 Å². The highest BCUT2D eigenvalue weighted by atomic mass is 16.2. The predicted octanol–water partition coefficient (Wildman–Crippen LogP) is -1.88. The lowest BCUT2D eigenvalue weighted by molar-refractivity contribution is -0.136. The number of carbonyl (C=O) groups is 2. The number of hydrogen-bond donors (Lipinski definition) is 3. The Morgan fingerprint density at radius 3 is 2.75 bits per heavy atom. The SMILES string of the molecule is N#CC1=C(N)C2C(=O)NC(=O)CC2N=C1N. The molecule has 2 atom stereocenters. The summed E-state index contributed by atoms with van der Waals surface area (Å²) in [4.78, 5) is 26.6. The molecule has 5 N–H and O–H groups in total. The number of fused-ring (bicyclic) bond motifs is 1. The molecule has 2 amide bonds. The molecule has 82 valence electrons. The average Bonchev–Trinajstić information content (AvgIpc) is 2.15. The molecule has 1 saturated heterocycles. The second-order valence-corrected chi connectivity index (χ2v) is 3.62. The molecular weight excluding hydrogens is 210 g/mol. The first-order valence-corrected chi connectivity index (χ1v) is 4.61. The molecule has 0 aromatic heterocycles. The van der Waals surface area contributed by atoms with E-state index in [1.807, 2.05) is 0 Å². The number of rotatable bonds is 0. The number of amides is 2. The van der Waals surface area contributed by atoms with Crippen LogP contribution in [0.3, 0.4) is 0 Å². The van der Waals surface area contributed by atoms with E-state index >= 15 is 0 Å². The fourth-order valence-corrected chi connectivity index (χ4v) is 1.89. The van der Waals surface area contributed by atoms with Crippen molar-refractivity contribution in [1.82, 2.24) is 5.32 Å². The predicted molar refractivity (Wildman–Crippen MR) is 53.5 cm³/mol. The summed E-state index contributed by atoms with van der Waals surface area (Å²) in [6.45, 7) is 0. The van der Waals surface area contributed by atoms with E-state index in [0.29, 0.717) is 0 Å². The van der Waals surface area contributed by atoms with Crippen LogP contribution in [0.1, 0.15) is 6.42 Å². The number of dihydropyridines is 1. The fraction of sp³-hybridized carbons (Fsp3) is 0.333. The van der Waals surface area contributed by atoms with Crippen LogP contribution in [0.5, 0.6) is 0 Å². The molecule has 0 spiro atoms. The van der Waals surface area contributed by atoms with Gasteiger partial charge in [0.15, 0.2) is 0 Å². The van der Waals surface area contributed by atoms with Gasteiger partial charge in [0.2, 0.25) is 11.8 Å². The second kappa shape index (κ2) is 3.34. The number of piperidine rings is 1. The number of carbonyl (C=O) groups excluding carboxylic acids is 2. The highest BCUT2D eigenvalue weighted by Crippen LogP contribution is 2.27. The number of imide groups is 1. The summed E-state index contributed by atoms with van der Waals surface area (Å²) in [5.74, 6) is -1.71. The molecule has 0 aromatic carbocycles. The third-order valence-corrected chi connectivity index (χ3v) is 2.62. The van der Waals surface area contributed by atoms with Gasteiger partial charge in [-0.2, -0.15) is 5.26 Å². The molecule has 7 nitrogen and oxygen atoms in total. The standard InChI is InChI=1S/C9H9N5O2/c10-2-3-7(11)6-4(13-8(3)12)1-5(15)14-9(6)16/h4,6H,1,11H2,(H2,12,13)(H,14,15,16). The fourth-order valence-electron chi connectivity index (χ4n) is 1.89. The first-order valence-electron chi connectivity index (χ1n) is 4.61. The van der Waals surface area contributed by atoms with Crippen molar-refractivity contribution in [1.29, 1.82) is 5.26 Å². The molecule has 0 radical (unpaired) electrons. The summed E-state index contributed by atoms with van der Waals surface area (Å²) >= 11 is 0. The van der Waals surface area contributed by atoms with Crippen LogP contribution in [0.15, 0.2) is 16.3 Å². The molecule has 0 saturated carbocycles.